The van der Waals surface area contributed by atoms with Crippen molar-refractivity contribution in [1.82, 2.24) is 0 Å². The van der Waals surface area contributed by atoms with Crippen LogP contribution in [0.3, 0.4) is 0 Å². The van der Waals surface area contributed by atoms with Crippen LogP contribution in [0.5, 0.6) is 5.75 Å². The van der Waals surface area contributed by atoms with Crippen molar-refractivity contribution >= 4 is 37.5 Å². The zero-order valence-electron chi connectivity index (χ0n) is 12.2. The molecule has 3 rings (SSSR count). The van der Waals surface area contributed by atoms with E-state index < -0.39 is 5.97 Å². The summed E-state index contributed by atoms with van der Waals surface area (Å²) in [5.41, 5.74) is 0.396. The van der Waals surface area contributed by atoms with Crippen LogP contribution in [-0.2, 0) is 9.53 Å². The maximum absolute atomic E-state index is 12.6. The quantitative estimate of drug-likeness (QED) is 0.547. The first-order valence-electron chi connectivity index (χ1n) is 6.72. The second-order valence-corrected chi connectivity index (χ2v) is 5.86. The maximum atomic E-state index is 12.6. The number of rotatable bonds is 3. The van der Waals surface area contributed by atoms with E-state index in [1.165, 1.54) is 18.4 Å². The van der Waals surface area contributed by atoms with Gasteiger partial charge in [0.15, 0.2) is 12.0 Å². The fourth-order valence-electron chi connectivity index (χ4n) is 2.19. The lowest BCUT2D eigenvalue weighted by Gasteiger charge is -2.06. The number of ether oxygens (including phenoxy) is 2. The summed E-state index contributed by atoms with van der Waals surface area (Å²) in [7, 11) is 1.28. The first-order chi connectivity index (χ1) is 11.1. The molecule has 0 saturated carbocycles. The molecule has 23 heavy (non-hydrogen) atoms. The molecule has 1 heterocycles. The van der Waals surface area contributed by atoms with Crippen LogP contribution in [0, 0.1) is 11.3 Å². The van der Waals surface area contributed by atoms with Crippen molar-refractivity contribution in [2.75, 3.05) is 13.7 Å². The van der Waals surface area contributed by atoms with Crippen molar-refractivity contribution in [3.05, 3.63) is 52.2 Å². The van der Waals surface area contributed by atoms with Crippen LogP contribution in [0.15, 0.2) is 41.2 Å². The molecule has 0 fully saturated rings. The summed E-state index contributed by atoms with van der Waals surface area (Å²) in [6.07, 6.45) is 0. The summed E-state index contributed by atoms with van der Waals surface area (Å²) < 4.78 is 11.4. The number of carbonyl (C=O) groups excluding carboxylic acids is 1. The average Bonchev–Trinajstić information content (AvgIpc) is 2.59. The fourth-order valence-corrected chi connectivity index (χ4v) is 3.29. The van der Waals surface area contributed by atoms with E-state index >= 15 is 0 Å². The van der Waals surface area contributed by atoms with Crippen molar-refractivity contribution in [1.29, 1.82) is 5.26 Å². The lowest BCUT2D eigenvalue weighted by Crippen LogP contribution is -2.12. The first-order valence-corrected chi connectivity index (χ1v) is 7.54. The molecule has 0 radical (unpaired) electrons. The average molecular weight is 325 g/mol. The van der Waals surface area contributed by atoms with Crippen molar-refractivity contribution < 1.29 is 14.3 Å². The molecule has 5 nitrogen and oxygen atoms in total. The zero-order valence-corrected chi connectivity index (χ0v) is 13.0. The zero-order chi connectivity index (χ0) is 16.4. The third-order valence-corrected chi connectivity index (χ3v) is 4.49. The Kier molecular flexibility index (Phi) is 3.96. The number of hydrogen-bond acceptors (Lipinski definition) is 6. The molecule has 2 aromatic carbocycles. The van der Waals surface area contributed by atoms with Gasteiger partial charge in [0.25, 0.3) is 0 Å². The highest BCUT2D eigenvalue weighted by molar-refractivity contribution is 7.24. The van der Waals surface area contributed by atoms with Gasteiger partial charge in [0.05, 0.1) is 18.7 Å². The number of hydrogen-bond donors (Lipinski definition) is 0. The van der Waals surface area contributed by atoms with E-state index in [4.69, 9.17) is 10.00 Å². The van der Waals surface area contributed by atoms with Gasteiger partial charge in [-0.05, 0) is 36.4 Å². The number of nitrogens with zero attached hydrogens (tertiary/aromatic N) is 1. The summed E-state index contributed by atoms with van der Waals surface area (Å²) in [5, 5.41) is 10.0. The molecule has 0 aliphatic heterocycles. The summed E-state index contributed by atoms with van der Waals surface area (Å²) >= 11 is 1.43. The second-order valence-electron chi connectivity index (χ2n) is 4.78. The van der Waals surface area contributed by atoms with E-state index in [0.29, 0.717) is 22.1 Å². The molecule has 1 aromatic heterocycles. The number of fused-ring (bicyclic) bond motifs is 2. The molecule has 0 saturated heterocycles. The predicted octanol–water partition coefficient (Wildman–Crippen LogP) is 2.84. The lowest BCUT2D eigenvalue weighted by molar-refractivity contribution is -0.142. The Balaban J connectivity index is 2.10. The summed E-state index contributed by atoms with van der Waals surface area (Å²) in [4.78, 5) is 23.7. The predicted molar refractivity (Wildman–Crippen MR) is 87.8 cm³/mol. The van der Waals surface area contributed by atoms with Crippen LogP contribution in [-0.4, -0.2) is 19.7 Å². The van der Waals surface area contributed by atoms with E-state index in [1.807, 2.05) is 0 Å². The molecule has 0 aliphatic carbocycles. The third kappa shape index (κ3) is 2.87. The first kappa shape index (κ1) is 15.0. The van der Waals surface area contributed by atoms with E-state index in [-0.39, 0.29) is 12.0 Å². The summed E-state index contributed by atoms with van der Waals surface area (Å²) in [6, 6.07) is 12.2. The third-order valence-electron chi connectivity index (χ3n) is 3.36. The Bertz CT molecular complexity index is 1020. The molecule has 6 heteroatoms. The van der Waals surface area contributed by atoms with Crippen molar-refractivity contribution in [2.45, 2.75) is 0 Å². The molecule has 114 valence electrons. The van der Waals surface area contributed by atoms with Crippen LogP contribution >= 0.6 is 11.3 Å². The normalized spacial score (nSPS) is 10.4. The van der Waals surface area contributed by atoms with Gasteiger partial charge in [0.2, 0.25) is 0 Å². The van der Waals surface area contributed by atoms with Crippen LogP contribution in [0.2, 0.25) is 0 Å². The number of nitriles is 1. The van der Waals surface area contributed by atoms with Crippen molar-refractivity contribution in [3.63, 3.8) is 0 Å². The van der Waals surface area contributed by atoms with Gasteiger partial charge in [-0.15, -0.1) is 11.3 Å². The minimum Gasteiger partial charge on any atom is -0.482 e. The molecule has 0 atom stereocenters. The molecular formula is C17H11NO4S. The number of esters is 1. The van der Waals surface area contributed by atoms with Gasteiger partial charge < -0.3 is 9.47 Å². The minimum atomic E-state index is -0.488. The van der Waals surface area contributed by atoms with Crippen molar-refractivity contribution in [3.8, 4) is 11.8 Å². The van der Waals surface area contributed by atoms with Crippen LogP contribution in [0.25, 0.3) is 20.2 Å². The Morgan fingerprint density at radius 2 is 2.00 bits per heavy atom. The second kappa shape index (κ2) is 6.07. The number of methoxy groups -OCH3 is 1. The Hall–Kier alpha value is -2.91. The summed E-state index contributed by atoms with van der Waals surface area (Å²) in [6.45, 7) is -0.210. The highest BCUT2D eigenvalue weighted by Crippen LogP contribution is 2.28. The Labute approximate surface area is 135 Å². The standard InChI is InChI=1S/C17H11NO4S/c1-21-16(19)9-22-11-3-5-14-13(7-11)17(20)12-4-2-10(8-18)6-15(12)23-14/h2-7H,9H2,1H3. The monoisotopic (exact) mass is 325 g/mol. The fraction of sp³-hybridized carbons (Fsp3) is 0.118. The molecule has 0 unspecified atom stereocenters. The van der Waals surface area contributed by atoms with Crippen molar-refractivity contribution in [2.24, 2.45) is 0 Å². The highest BCUT2D eigenvalue weighted by Gasteiger charge is 2.09. The topological polar surface area (TPSA) is 76.4 Å². The van der Waals surface area contributed by atoms with E-state index in [2.05, 4.69) is 10.8 Å². The number of carbonyl (C=O) groups is 1. The highest BCUT2D eigenvalue weighted by atomic mass is 32.1. The van der Waals surface area contributed by atoms with E-state index in [1.54, 1.807) is 36.4 Å². The molecule has 0 bridgehead atoms. The van der Waals surface area contributed by atoms with Gasteiger partial charge in [-0.1, -0.05) is 0 Å². The molecule has 3 aromatic rings. The molecule has 0 amide bonds. The van der Waals surface area contributed by atoms with Gasteiger partial charge >= 0.3 is 5.97 Å². The summed E-state index contributed by atoms with van der Waals surface area (Å²) in [5.74, 6) is -0.0574. The van der Waals surface area contributed by atoms with Gasteiger partial charge in [0, 0.05) is 20.2 Å². The minimum absolute atomic E-state index is 0.123. The lowest BCUT2D eigenvalue weighted by atomic mass is 10.1. The molecule has 0 spiro atoms. The molecule has 0 N–H and O–H groups in total. The number of benzene rings is 2. The van der Waals surface area contributed by atoms with E-state index in [0.717, 1.165) is 9.40 Å². The van der Waals surface area contributed by atoms with Gasteiger partial charge in [-0.3, -0.25) is 4.79 Å². The van der Waals surface area contributed by atoms with Crippen LogP contribution in [0.1, 0.15) is 5.56 Å². The Morgan fingerprint density at radius 3 is 2.74 bits per heavy atom. The Morgan fingerprint density at radius 1 is 1.17 bits per heavy atom. The molecular weight excluding hydrogens is 314 g/mol. The largest absolute Gasteiger partial charge is 0.482 e. The van der Waals surface area contributed by atoms with Gasteiger partial charge in [-0.2, -0.15) is 5.26 Å². The van der Waals surface area contributed by atoms with Gasteiger partial charge in [-0.25, -0.2) is 4.79 Å². The SMILES string of the molecule is COC(=O)COc1ccc2sc3cc(C#N)ccc3c(=O)c2c1. The molecule has 0 aliphatic rings. The van der Waals surface area contributed by atoms with Crippen LogP contribution < -0.4 is 10.2 Å². The van der Waals surface area contributed by atoms with Gasteiger partial charge in [0.1, 0.15) is 5.75 Å². The van der Waals surface area contributed by atoms with E-state index in [9.17, 15) is 9.59 Å². The maximum Gasteiger partial charge on any atom is 0.343 e. The van der Waals surface area contributed by atoms with Crippen LogP contribution in [0.4, 0.5) is 0 Å². The smallest absolute Gasteiger partial charge is 0.343 e.